The van der Waals surface area contributed by atoms with Crippen LogP contribution in [0.25, 0.3) is 5.57 Å². The fourth-order valence-electron chi connectivity index (χ4n) is 5.73. The van der Waals surface area contributed by atoms with Crippen LogP contribution in [0, 0.1) is 16.2 Å². The molecular weight excluding hydrogens is 396 g/mol. The molecule has 1 aromatic rings. The minimum Gasteiger partial charge on any atom is -0.497 e. The summed E-state index contributed by atoms with van der Waals surface area (Å²) in [7, 11) is 2.98. The van der Waals surface area contributed by atoms with Crippen molar-refractivity contribution in [2.75, 3.05) is 27.4 Å². The molecule has 3 atom stereocenters. The molecule has 2 aliphatic carbocycles. The Labute approximate surface area is 183 Å². The SMILES string of the molecule is COC(=O)C1=C(C(=O)OCC2CO2)C2(C)C(c3ccc(OC)cc3)=C(C)C1(C)C2(C)C. The molecule has 31 heavy (non-hydrogen) atoms. The average molecular weight is 427 g/mol. The number of hydrogen-bond donors (Lipinski definition) is 0. The standard InChI is InChI=1S/C25H30O6/c1-14-18(15-8-10-16(28-6)11-9-15)25(5)20(22(27)31-13-17-12-30-17)19(21(26)29-7)24(14,4)23(25,2)3/h8-11,17H,12-13H2,1-7H3. The maximum Gasteiger partial charge on any atom is 0.335 e. The molecule has 1 fully saturated rings. The Morgan fingerprint density at radius 1 is 1.00 bits per heavy atom. The van der Waals surface area contributed by atoms with E-state index in [9.17, 15) is 9.59 Å². The highest BCUT2D eigenvalue weighted by Gasteiger charge is 2.73. The van der Waals surface area contributed by atoms with Crippen LogP contribution in [0.5, 0.6) is 5.75 Å². The van der Waals surface area contributed by atoms with Gasteiger partial charge in [-0.05, 0) is 35.6 Å². The molecule has 2 bridgehead atoms. The van der Waals surface area contributed by atoms with Gasteiger partial charge in [-0.3, -0.25) is 0 Å². The Morgan fingerprint density at radius 2 is 1.58 bits per heavy atom. The van der Waals surface area contributed by atoms with E-state index >= 15 is 0 Å². The molecule has 0 spiro atoms. The number of carbonyl (C=O) groups excluding carboxylic acids is 2. The van der Waals surface area contributed by atoms with Crippen LogP contribution in [0.1, 0.15) is 40.2 Å². The molecule has 6 nitrogen and oxygen atoms in total. The largest absolute Gasteiger partial charge is 0.497 e. The predicted octanol–water partition coefficient (Wildman–Crippen LogP) is 3.95. The molecule has 0 N–H and O–H groups in total. The Bertz CT molecular complexity index is 1010. The number of epoxide rings is 1. The molecule has 0 saturated carbocycles. The van der Waals surface area contributed by atoms with E-state index in [0.717, 1.165) is 22.5 Å². The number of allylic oxidation sites excluding steroid dienone is 2. The van der Waals surface area contributed by atoms with Gasteiger partial charge in [-0.15, -0.1) is 0 Å². The number of hydrogen-bond acceptors (Lipinski definition) is 6. The minimum absolute atomic E-state index is 0.0561. The molecule has 6 heteroatoms. The Hall–Kier alpha value is -2.60. The summed E-state index contributed by atoms with van der Waals surface area (Å²) in [5.74, 6) is -0.202. The first-order valence-electron chi connectivity index (χ1n) is 10.5. The number of rotatable bonds is 6. The lowest BCUT2D eigenvalue weighted by atomic mass is 9.59. The van der Waals surface area contributed by atoms with Gasteiger partial charge in [0.1, 0.15) is 18.5 Å². The first-order chi connectivity index (χ1) is 14.6. The van der Waals surface area contributed by atoms with Crippen LogP contribution >= 0.6 is 0 Å². The number of methoxy groups -OCH3 is 2. The van der Waals surface area contributed by atoms with Crippen LogP contribution in [0.15, 0.2) is 41.0 Å². The lowest BCUT2D eigenvalue weighted by Gasteiger charge is -2.42. The van der Waals surface area contributed by atoms with Crippen LogP contribution in [0.3, 0.4) is 0 Å². The van der Waals surface area contributed by atoms with E-state index in [2.05, 4.69) is 20.8 Å². The molecule has 166 valence electrons. The summed E-state index contributed by atoms with van der Waals surface area (Å²) in [6.45, 7) is 11.1. The van der Waals surface area contributed by atoms with Crippen molar-refractivity contribution < 1.29 is 28.5 Å². The van der Waals surface area contributed by atoms with Gasteiger partial charge in [-0.25, -0.2) is 9.59 Å². The second-order valence-corrected chi connectivity index (χ2v) is 9.40. The van der Waals surface area contributed by atoms with Crippen LogP contribution in [-0.4, -0.2) is 45.5 Å². The van der Waals surface area contributed by atoms with Gasteiger partial charge in [0.25, 0.3) is 0 Å². The Morgan fingerprint density at radius 3 is 2.10 bits per heavy atom. The molecule has 0 radical (unpaired) electrons. The zero-order valence-corrected chi connectivity index (χ0v) is 19.3. The van der Waals surface area contributed by atoms with Gasteiger partial charge >= 0.3 is 11.9 Å². The van der Waals surface area contributed by atoms with Crippen LogP contribution in [-0.2, 0) is 23.8 Å². The molecule has 3 aliphatic rings. The van der Waals surface area contributed by atoms with E-state index in [-0.39, 0.29) is 12.7 Å². The third-order valence-corrected chi connectivity index (χ3v) is 8.15. The summed E-state index contributed by atoms with van der Waals surface area (Å²) in [4.78, 5) is 26.5. The topological polar surface area (TPSA) is 74.4 Å². The Balaban J connectivity index is 1.91. The Kier molecular flexibility index (Phi) is 4.85. The number of ether oxygens (including phenoxy) is 4. The highest BCUT2D eigenvalue weighted by molar-refractivity contribution is 6.10. The van der Waals surface area contributed by atoms with E-state index in [1.165, 1.54) is 7.11 Å². The molecule has 4 rings (SSSR count). The molecule has 1 aromatic carbocycles. The van der Waals surface area contributed by atoms with Crippen molar-refractivity contribution in [1.82, 2.24) is 0 Å². The first-order valence-corrected chi connectivity index (χ1v) is 10.5. The van der Waals surface area contributed by atoms with E-state index < -0.39 is 28.2 Å². The molecule has 0 amide bonds. The van der Waals surface area contributed by atoms with Crippen LogP contribution in [0.4, 0.5) is 0 Å². The van der Waals surface area contributed by atoms with Gasteiger partial charge in [0.05, 0.1) is 32.0 Å². The zero-order chi connectivity index (χ0) is 22.8. The van der Waals surface area contributed by atoms with Gasteiger partial charge < -0.3 is 18.9 Å². The lowest BCUT2D eigenvalue weighted by molar-refractivity contribution is -0.142. The third-order valence-electron chi connectivity index (χ3n) is 8.15. The van der Waals surface area contributed by atoms with E-state index in [1.54, 1.807) is 7.11 Å². The van der Waals surface area contributed by atoms with Gasteiger partial charge in [0, 0.05) is 10.8 Å². The molecular formula is C25H30O6. The fourth-order valence-corrected chi connectivity index (χ4v) is 5.73. The molecule has 1 aliphatic heterocycles. The van der Waals surface area contributed by atoms with Crippen molar-refractivity contribution in [3.63, 3.8) is 0 Å². The summed E-state index contributed by atoms with van der Waals surface area (Å²) >= 11 is 0. The highest BCUT2D eigenvalue weighted by atomic mass is 16.6. The normalized spacial score (nSPS) is 30.5. The van der Waals surface area contributed by atoms with E-state index in [0.29, 0.717) is 17.8 Å². The van der Waals surface area contributed by atoms with Gasteiger partial charge in [0.15, 0.2) is 0 Å². The smallest absolute Gasteiger partial charge is 0.335 e. The lowest BCUT2D eigenvalue weighted by Crippen LogP contribution is -2.39. The zero-order valence-electron chi connectivity index (χ0n) is 19.3. The minimum atomic E-state index is -0.745. The third kappa shape index (κ3) is 2.67. The first kappa shape index (κ1) is 21.6. The maximum atomic E-state index is 13.4. The van der Waals surface area contributed by atoms with Crippen molar-refractivity contribution >= 4 is 17.5 Å². The molecule has 1 saturated heterocycles. The molecule has 1 heterocycles. The molecule has 3 unspecified atom stereocenters. The van der Waals surface area contributed by atoms with Crippen molar-refractivity contribution in [3.8, 4) is 5.75 Å². The summed E-state index contributed by atoms with van der Waals surface area (Å²) in [6, 6.07) is 7.82. The summed E-state index contributed by atoms with van der Waals surface area (Å²) in [5.41, 5.74) is 2.01. The van der Waals surface area contributed by atoms with E-state index in [4.69, 9.17) is 18.9 Å². The van der Waals surface area contributed by atoms with E-state index in [1.807, 2.05) is 38.1 Å². The maximum absolute atomic E-state index is 13.4. The van der Waals surface area contributed by atoms with Crippen molar-refractivity contribution in [2.45, 2.75) is 40.7 Å². The van der Waals surface area contributed by atoms with Crippen LogP contribution in [0.2, 0.25) is 0 Å². The van der Waals surface area contributed by atoms with Crippen molar-refractivity contribution in [1.29, 1.82) is 0 Å². The van der Waals surface area contributed by atoms with Crippen LogP contribution < -0.4 is 4.74 Å². The summed E-state index contributed by atoms with van der Waals surface area (Å²) in [6.07, 6.45) is -0.0561. The molecule has 0 aromatic heterocycles. The van der Waals surface area contributed by atoms with Crippen molar-refractivity contribution in [3.05, 3.63) is 46.5 Å². The monoisotopic (exact) mass is 426 g/mol. The van der Waals surface area contributed by atoms with Gasteiger partial charge in [-0.1, -0.05) is 45.4 Å². The second kappa shape index (κ2) is 6.95. The fraction of sp³-hybridized carbons (Fsp3) is 0.520. The quantitative estimate of drug-likeness (QED) is 0.507. The predicted molar refractivity (Wildman–Crippen MR) is 115 cm³/mol. The number of fused-ring (bicyclic) bond motifs is 2. The second-order valence-electron chi connectivity index (χ2n) is 9.40. The average Bonchev–Trinajstić information content (AvgIpc) is 3.55. The van der Waals surface area contributed by atoms with Gasteiger partial charge in [0.2, 0.25) is 0 Å². The van der Waals surface area contributed by atoms with Gasteiger partial charge in [-0.2, -0.15) is 0 Å². The number of benzene rings is 1. The number of esters is 2. The number of carbonyl (C=O) groups is 2. The highest BCUT2D eigenvalue weighted by Crippen LogP contribution is 2.77. The van der Waals surface area contributed by atoms with Crippen molar-refractivity contribution in [2.24, 2.45) is 16.2 Å². The summed E-state index contributed by atoms with van der Waals surface area (Å²) < 4.78 is 21.3. The summed E-state index contributed by atoms with van der Waals surface area (Å²) in [5, 5.41) is 0.